The highest BCUT2D eigenvalue weighted by atomic mass is 19.4. The monoisotopic (exact) mass is 365 g/mol. The summed E-state index contributed by atoms with van der Waals surface area (Å²) in [6, 6.07) is 3.59. The topological polar surface area (TPSA) is 56.3 Å². The van der Waals surface area contributed by atoms with E-state index in [1.165, 1.54) is 6.92 Å². The van der Waals surface area contributed by atoms with Gasteiger partial charge in [0.25, 0.3) is 0 Å². The first-order valence-electron chi connectivity index (χ1n) is 7.83. The van der Waals surface area contributed by atoms with Crippen molar-refractivity contribution in [1.29, 1.82) is 0 Å². The van der Waals surface area contributed by atoms with Crippen molar-refractivity contribution in [3.63, 3.8) is 0 Å². The summed E-state index contributed by atoms with van der Waals surface area (Å²) < 4.78 is 42.7. The van der Waals surface area contributed by atoms with Crippen LogP contribution in [-0.4, -0.2) is 16.7 Å². The van der Waals surface area contributed by atoms with E-state index in [9.17, 15) is 22.8 Å². The number of carbonyl (C=O) groups excluding carboxylic acids is 2. The lowest BCUT2D eigenvalue weighted by atomic mass is 9.92. The number of carbonyl (C=O) groups is 2. The molecule has 0 fully saturated rings. The Labute approximate surface area is 149 Å². The van der Waals surface area contributed by atoms with Gasteiger partial charge in [0.05, 0.1) is 5.56 Å². The van der Waals surface area contributed by atoms with Gasteiger partial charge in [-0.1, -0.05) is 6.07 Å². The Hall–Kier alpha value is -2.70. The molecule has 0 saturated carbocycles. The van der Waals surface area contributed by atoms with Gasteiger partial charge in [-0.25, -0.2) is 4.79 Å². The predicted octanol–water partition coefficient (Wildman–Crippen LogP) is 4.59. The molecule has 7 heteroatoms. The van der Waals surface area contributed by atoms with Crippen LogP contribution in [0.15, 0.2) is 24.4 Å². The Kier molecular flexibility index (Phi) is 5.49. The summed E-state index contributed by atoms with van der Waals surface area (Å²) in [5, 5.41) is 0. The van der Waals surface area contributed by atoms with Crippen molar-refractivity contribution in [3.8, 4) is 0 Å². The van der Waals surface area contributed by atoms with Crippen molar-refractivity contribution in [2.75, 3.05) is 0 Å². The minimum atomic E-state index is -4.57. The number of benzene rings is 1. The second-order valence-corrected chi connectivity index (χ2v) is 6.05. The van der Waals surface area contributed by atoms with E-state index < -0.39 is 17.8 Å². The van der Waals surface area contributed by atoms with Crippen LogP contribution in [0, 0.1) is 20.8 Å². The van der Waals surface area contributed by atoms with E-state index in [-0.39, 0.29) is 18.0 Å². The van der Waals surface area contributed by atoms with E-state index in [1.54, 1.807) is 6.92 Å². The quantitative estimate of drug-likeness (QED) is 0.588. The lowest BCUT2D eigenvalue weighted by Gasteiger charge is -2.16. The maximum Gasteiger partial charge on any atom is 0.433 e. The SMILES string of the molecule is CC(=O)c1c(C)cc(C)c(COC(=O)c2ccc(C(F)(F)F)nc2)c1C. The molecule has 0 aliphatic heterocycles. The Morgan fingerprint density at radius 2 is 1.77 bits per heavy atom. The lowest BCUT2D eigenvalue weighted by Crippen LogP contribution is -2.12. The van der Waals surface area contributed by atoms with E-state index in [0.717, 1.165) is 35.0 Å². The Bertz CT molecular complexity index is 856. The Morgan fingerprint density at radius 3 is 2.27 bits per heavy atom. The second kappa shape index (κ2) is 7.27. The number of halogens is 3. The number of hydrogen-bond donors (Lipinski definition) is 0. The summed E-state index contributed by atoms with van der Waals surface area (Å²) in [5.41, 5.74) is 2.57. The van der Waals surface area contributed by atoms with Gasteiger partial charge in [0.1, 0.15) is 12.3 Å². The van der Waals surface area contributed by atoms with Gasteiger partial charge >= 0.3 is 12.1 Å². The molecule has 0 amide bonds. The van der Waals surface area contributed by atoms with Gasteiger partial charge in [-0.15, -0.1) is 0 Å². The van der Waals surface area contributed by atoms with Gasteiger partial charge in [0.2, 0.25) is 0 Å². The highest BCUT2D eigenvalue weighted by Crippen LogP contribution is 2.27. The molecule has 1 aromatic carbocycles. The summed E-state index contributed by atoms with van der Waals surface area (Å²) in [7, 11) is 0. The normalized spacial score (nSPS) is 11.3. The number of aryl methyl sites for hydroxylation is 2. The van der Waals surface area contributed by atoms with Crippen LogP contribution in [0.5, 0.6) is 0 Å². The zero-order valence-electron chi connectivity index (χ0n) is 14.8. The van der Waals surface area contributed by atoms with Gasteiger partial charge in [-0.2, -0.15) is 13.2 Å². The fourth-order valence-electron chi connectivity index (χ4n) is 2.89. The fraction of sp³-hybridized carbons (Fsp3) is 0.316. The first-order valence-corrected chi connectivity index (χ1v) is 7.83. The van der Waals surface area contributed by atoms with Crippen molar-refractivity contribution in [1.82, 2.24) is 4.98 Å². The first-order chi connectivity index (χ1) is 12.0. The van der Waals surface area contributed by atoms with Crippen LogP contribution >= 0.6 is 0 Å². The molecule has 1 aromatic heterocycles. The van der Waals surface area contributed by atoms with Crippen molar-refractivity contribution >= 4 is 11.8 Å². The molecule has 138 valence electrons. The number of Topliss-reactive ketones (excluding diaryl/α,β-unsaturated/α-hetero) is 1. The molecule has 1 heterocycles. The van der Waals surface area contributed by atoms with Crippen LogP contribution in [0.4, 0.5) is 13.2 Å². The molecule has 4 nitrogen and oxygen atoms in total. The number of alkyl halides is 3. The minimum absolute atomic E-state index is 0.0767. The largest absolute Gasteiger partial charge is 0.457 e. The van der Waals surface area contributed by atoms with Crippen LogP contribution < -0.4 is 0 Å². The number of esters is 1. The molecule has 0 bridgehead atoms. The average molecular weight is 365 g/mol. The van der Waals surface area contributed by atoms with E-state index >= 15 is 0 Å². The summed E-state index contributed by atoms with van der Waals surface area (Å²) >= 11 is 0. The summed E-state index contributed by atoms with van der Waals surface area (Å²) in [4.78, 5) is 27.1. The lowest BCUT2D eigenvalue weighted by molar-refractivity contribution is -0.141. The highest BCUT2D eigenvalue weighted by molar-refractivity contribution is 5.97. The van der Waals surface area contributed by atoms with Crippen LogP contribution in [-0.2, 0) is 17.5 Å². The number of ether oxygens (including phenoxy) is 1. The van der Waals surface area contributed by atoms with Crippen molar-refractivity contribution in [2.45, 2.75) is 40.5 Å². The molecule has 26 heavy (non-hydrogen) atoms. The van der Waals surface area contributed by atoms with E-state index in [1.807, 2.05) is 19.9 Å². The van der Waals surface area contributed by atoms with E-state index in [4.69, 9.17) is 4.74 Å². The molecule has 0 radical (unpaired) electrons. The van der Waals surface area contributed by atoms with Crippen molar-refractivity contribution < 1.29 is 27.5 Å². The Balaban J connectivity index is 2.20. The van der Waals surface area contributed by atoms with Crippen molar-refractivity contribution in [3.05, 3.63) is 63.5 Å². The van der Waals surface area contributed by atoms with Crippen LogP contribution in [0.3, 0.4) is 0 Å². The molecule has 2 rings (SSSR count). The van der Waals surface area contributed by atoms with Crippen LogP contribution in [0.1, 0.15) is 55.6 Å². The molecule has 0 spiro atoms. The number of nitrogens with zero attached hydrogens (tertiary/aromatic N) is 1. The minimum Gasteiger partial charge on any atom is -0.457 e. The van der Waals surface area contributed by atoms with Gasteiger partial charge in [-0.05, 0) is 62.1 Å². The number of rotatable bonds is 4. The smallest absolute Gasteiger partial charge is 0.433 e. The standard InChI is InChI=1S/C19H18F3NO3/c1-10-7-11(2)17(13(4)24)12(3)15(10)9-26-18(25)14-5-6-16(23-8-14)19(20,21)22/h5-8H,9H2,1-4H3. The molecule has 0 aliphatic carbocycles. The van der Waals surface area contributed by atoms with Gasteiger partial charge in [0.15, 0.2) is 5.78 Å². The first kappa shape index (κ1) is 19.6. The molecule has 0 atom stereocenters. The van der Waals surface area contributed by atoms with E-state index in [0.29, 0.717) is 11.1 Å². The molecular weight excluding hydrogens is 347 g/mol. The number of aromatic nitrogens is 1. The van der Waals surface area contributed by atoms with Gasteiger partial charge < -0.3 is 4.74 Å². The zero-order chi connectivity index (χ0) is 19.6. The third-order valence-corrected chi connectivity index (χ3v) is 4.12. The second-order valence-electron chi connectivity index (χ2n) is 6.05. The molecule has 2 aromatic rings. The summed E-state index contributed by atoms with van der Waals surface area (Å²) in [6.07, 6.45) is -3.73. The maximum absolute atomic E-state index is 12.5. The fourth-order valence-corrected chi connectivity index (χ4v) is 2.89. The molecule has 0 saturated heterocycles. The molecule has 0 N–H and O–H groups in total. The van der Waals surface area contributed by atoms with Crippen molar-refractivity contribution in [2.24, 2.45) is 0 Å². The predicted molar refractivity (Wildman–Crippen MR) is 89.0 cm³/mol. The van der Waals surface area contributed by atoms with Gasteiger partial charge in [-0.3, -0.25) is 9.78 Å². The third-order valence-electron chi connectivity index (χ3n) is 4.12. The number of ketones is 1. The average Bonchev–Trinajstić information content (AvgIpc) is 2.52. The molecular formula is C19H18F3NO3. The van der Waals surface area contributed by atoms with E-state index in [2.05, 4.69) is 4.98 Å². The summed E-state index contributed by atoms with van der Waals surface area (Å²) in [5.74, 6) is -0.866. The Morgan fingerprint density at radius 1 is 1.12 bits per heavy atom. The third kappa shape index (κ3) is 4.09. The molecule has 0 aliphatic rings. The van der Waals surface area contributed by atoms with Crippen LogP contribution in [0.2, 0.25) is 0 Å². The maximum atomic E-state index is 12.5. The summed E-state index contributed by atoms with van der Waals surface area (Å²) in [6.45, 7) is 6.83. The highest BCUT2D eigenvalue weighted by Gasteiger charge is 2.32. The zero-order valence-corrected chi connectivity index (χ0v) is 14.8. The number of pyridine rings is 1. The molecule has 0 unspecified atom stereocenters. The van der Waals surface area contributed by atoms with Gasteiger partial charge in [0, 0.05) is 11.8 Å². The number of hydrogen-bond acceptors (Lipinski definition) is 4. The van der Waals surface area contributed by atoms with Crippen LogP contribution in [0.25, 0.3) is 0 Å².